The van der Waals surface area contributed by atoms with Gasteiger partial charge in [-0.1, -0.05) is 45.8 Å². The lowest BCUT2D eigenvalue weighted by molar-refractivity contribution is -0.133. The molecule has 1 unspecified atom stereocenters. The van der Waals surface area contributed by atoms with Gasteiger partial charge in [-0.05, 0) is 72.0 Å². The Labute approximate surface area is 213 Å². The van der Waals surface area contributed by atoms with Crippen LogP contribution in [0, 0.1) is 11.3 Å². The van der Waals surface area contributed by atoms with E-state index in [9.17, 15) is 9.59 Å². The van der Waals surface area contributed by atoms with Gasteiger partial charge in [-0.2, -0.15) is 11.3 Å². The summed E-state index contributed by atoms with van der Waals surface area (Å²) in [6.45, 7) is 9.80. The third-order valence-corrected chi connectivity index (χ3v) is 9.01. The summed E-state index contributed by atoms with van der Waals surface area (Å²) in [5.41, 5.74) is 1.10. The molecule has 1 amide bonds. The van der Waals surface area contributed by atoms with E-state index in [0.29, 0.717) is 18.2 Å². The molecule has 8 heteroatoms. The molecule has 35 heavy (non-hydrogen) atoms. The molecule has 4 rings (SSSR count). The van der Waals surface area contributed by atoms with Crippen molar-refractivity contribution in [1.29, 1.82) is 0 Å². The zero-order valence-corrected chi connectivity index (χ0v) is 22.4. The molecule has 1 saturated heterocycles. The number of nitrogens with zero attached hydrogens (tertiary/aromatic N) is 1. The third-order valence-electron chi connectivity index (χ3n) is 7.71. The predicted octanol–water partition coefficient (Wildman–Crippen LogP) is 4.65. The first-order chi connectivity index (χ1) is 16.6. The quantitative estimate of drug-likeness (QED) is 0.358. The molecule has 1 atom stereocenters. The molecular weight excluding hydrogens is 459 g/mol. The van der Waals surface area contributed by atoms with Crippen LogP contribution in [0.5, 0.6) is 5.75 Å². The van der Waals surface area contributed by atoms with Gasteiger partial charge in [-0.15, -0.1) is 0 Å². The van der Waals surface area contributed by atoms with E-state index in [1.165, 1.54) is 11.9 Å². The van der Waals surface area contributed by atoms with Crippen LogP contribution in [0.25, 0.3) is 0 Å². The molecule has 2 aliphatic rings. The van der Waals surface area contributed by atoms with Crippen molar-refractivity contribution in [2.75, 3.05) is 13.7 Å². The second-order valence-electron chi connectivity index (χ2n) is 10.8. The molecule has 0 radical (unpaired) electrons. The normalized spacial score (nSPS) is 24.6. The van der Waals surface area contributed by atoms with Crippen molar-refractivity contribution < 1.29 is 19.1 Å². The maximum absolute atomic E-state index is 13.8. The molecule has 188 valence electrons. The number of hydrogen-bond donors (Lipinski definition) is 1. The molecular formula is C27H37BN2O4S. The van der Waals surface area contributed by atoms with E-state index < -0.39 is 6.16 Å². The molecule has 0 bridgehead atoms. The molecule has 1 aliphatic heterocycles. The molecule has 2 heterocycles. The number of rotatable bonds is 6. The van der Waals surface area contributed by atoms with Crippen molar-refractivity contribution in [3.05, 3.63) is 46.8 Å². The zero-order valence-electron chi connectivity index (χ0n) is 21.6. The van der Waals surface area contributed by atoms with Crippen LogP contribution >= 0.6 is 11.3 Å². The minimum absolute atomic E-state index is 0.189. The Morgan fingerprint density at radius 3 is 2.43 bits per heavy atom. The minimum Gasteiger partial charge on any atom is -0.437 e. The monoisotopic (exact) mass is 496 g/mol. The first kappa shape index (κ1) is 25.8. The Balaban J connectivity index is 1.51. The molecule has 2 aromatic rings. The van der Waals surface area contributed by atoms with Crippen molar-refractivity contribution in [2.24, 2.45) is 11.3 Å². The lowest BCUT2D eigenvalue weighted by Crippen LogP contribution is -2.55. The Bertz CT molecular complexity index is 1040. The smallest absolute Gasteiger partial charge is 0.437 e. The first-order valence-electron chi connectivity index (χ1n) is 12.7. The average molecular weight is 496 g/mol. The van der Waals surface area contributed by atoms with Crippen molar-refractivity contribution in [1.82, 2.24) is 10.2 Å². The van der Waals surface area contributed by atoms with Crippen LogP contribution in [0.4, 0.5) is 4.79 Å². The van der Waals surface area contributed by atoms with Gasteiger partial charge in [0.1, 0.15) is 11.8 Å². The number of ether oxygens (including phenoxy) is 2. The lowest BCUT2D eigenvalue weighted by atomic mass is 9.69. The van der Waals surface area contributed by atoms with Crippen LogP contribution in [0.3, 0.4) is 0 Å². The van der Waals surface area contributed by atoms with E-state index in [-0.39, 0.29) is 23.0 Å². The Hall–Kier alpha value is -2.32. The van der Waals surface area contributed by atoms with E-state index in [2.05, 4.69) is 54.7 Å². The number of carbonyl (C=O) groups is 2. The number of nitrogens with one attached hydrogen (secondary N) is 1. The fourth-order valence-electron chi connectivity index (χ4n) is 5.51. The second-order valence-corrected chi connectivity index (χ2v) is 12.0. The van der Waals surface area contributed by atoms with Crippen molar-refractivity contribution in [3.8, 4) is 5.75 Å². The molecule has 1 aliphatic carbocycles. The summed E-state index contributed by atoms with van der Waals surface area (Å²) in [5, 5.41) is 3.82. The van der Waals surface area contributed by atoms with Crippen LogP contribution in [0.2, 0.25) is 6.82 Å². The van der Waals surface area contributed by atoms with Gasteiger partial charge in [0, 0.05) is 11.4 Å². The summed E-state index contributed by atoms with van der Waals surface area (Å²) in [5.74, 6) is 1.30. The van der Waals surface area contributed by atoms with Crippen molar-refractivity contribution in [3.63, 3.8) is 0 Å². The minimum atomic E-state index is -0.731. The largest absolute Gasteiger partial charge is 0.513 e. The summed E-state index contributed by atoms with van der Waals surface area (Å²) in [6.07, 6.45) is 4.22. The standard InChI is InChI=1S/C27H37BN2O4S/c1-26(2,3)19-12-15-27(16-13-19)29-23(21-10-11-22(28-4)35-21)24(31)30(27)17-14-18-6-8-20(9-7-18)34-25(32)33-5/h6-11,19,23,28-29H,12-17H2,1-5H3. The molecule has 1 spiro atoms. The molecule has 1 N–H and O–H groups in total. The summed E-state index contributed by atoms with van der Waals surface area (Å²) in [4.78, 5) is 28.4. The number of hydrogen-bond acceptors (Lipinski definition) is 6. The summed E-state index contributed by atoms with van der Waals surface area (Å²) in [7, 11) is 2.28. The highest BCUT2D eigenvalue weighted by atomic mass is 32.1. The van der Waals surface area contributed by atoms with Gasteiger partial charge in [-0.3, -0.25) is 10.1 Å². The van der Waals surface area contributed by atoms with Crippen LogP contribution in [0.15, 0.2) is 36.4 Å². The highest BCUT2D eigenvalue weighted by Gasteiger charge is 2.52. The fourth-order valence-corrected chi connectivity index (χ4v) is 6.51. The van der Waals surface area contributed by atoms with Gasteiger partial charge in [0.25, 0.3) is 0 Å². The van der Waals surface area contributed by atoms with Gasteiger partial charge in [-0.25, -0.2) is 4.79 Å². The van der Waals surface area contributed by atoms with E-state index in [0.717, 1.165) is 49.8 Å². The van der Waals surface area contributed by atoms with Crippen LogP contribution in [-0.2, 0) is 16.0 Å². The van der Waals surface area contributed by atoms with E-state index in [1.807, 2.05) is 12.1 Å². The summed E-state index contributed by atoms with van der Waals surface area (Å²) >= 11 is 1.75. The van der Waals surface area contributed by atoms with Gasteiger partial charge in [0.15, 0.2) is 7.28 Å². The van der Waals surface area contributed by atoms with Gasteiger partial charge < -0.3 is 14.4 Å². The molecule has 1 aromatic carbocycles. The topological polar surface area (TPSA) is 67.9 Å². The third kappa shape index (κ3) is 5.59. The number of carbonyl (C=O) groups excluding carboxylic acids is 2. The molecule has 6 nitrogen and oxygen atoms in total. The molecule has 1 saturated carbocycles. The average Bonchev–Trinajstić information content (AvgIpc) is 3.41. The Morgan fingerprint density at radius 2 is 1.86 bits per heavy atom. The number of thiophene rings is 1. The molecule has 1 aromatic heterocycles. The predicted molar refractivity (Wildman–Crippen MR) is 142 cm³/mol. The summed E-state index contributed by atoms with van der Waals surface area (Å²) < 4.78 is 10.9. The SMILES string of the molecule is CBc1ccc(C2NC3(CCC(C(C)(C)C)CC3)N(CCc3ccc(OC(=O)OC)cc3)C2=O)s1. The number of benzene rings is 1. The highest BCUT2D eigenvalue weighted by Crippen LogP contribution is 2.46. The van der Waals surface area contributed by atoms with Crippen LogP contribution < -0.4 is 14.8 Å². The Kier molecular flexibility index (Phi) is 7.62. The first-order valence-corrected chi connectivity index (χ1v) is 13.5. The van der Waals surface area contributed by atoms with Gasteiger partial charge in [0.2, 0.25) is 5.91 Å². The van der Waals surface area contributed by atoms with Crippen molar-refractivity contribution >= 4 is 35.5 Å². The molecule has 2 fully saturated rings. The highest BCUT2D eigenvalue weighted by molar-refractivity contribution is 7.21. The van der Waals surface area contributed by atoms with Gasteiger partial charge >= 0.3 is 6.16 Å². The van der Waals surface area contributed by atoms with E-state index >= 15 is 0 Å². The van der Waals surface area contributed by atoms with Crippen LogP contribution in [-0.4, -0.2) is 43.6 Å². The van der Waals surface area contributed by atoms with E-state index in [1.54, 1.807) is 23.5 Å². The Morgan fingerprint density at radius 1 is 1.17 bits per heavy atom. The van der Waals surface area contributed by atoms with Crippen LogP contribution in [0.1, 0.15) is 62.9 Å². The lowest BCUT2D eigenvalue weighted by Gasteiger charge is -2.46. The van der Waals surface area contributed by atoms with Crippen molar-refractivity contribution in [2.45, 2.75) is 71.4 Å². The number of methoxy groups -OCH3 is 1. The fraction of sp³-hybridized carbons (Fsp3) is 0.556. The zero-order chi connectivity index (χ0) is 25.2. The summed E-state index contributed by atoms with van der Waals surface area (Å²) in [6, 6.07) is 11.4. The maximum atomic E-state index is 13.8. The maximum Gasteiger partial charge on any atom is 0.513 e. The number of amides is 1. The van der Waals surface area contributed by atoms with Gasteiger partial charge in [0.05, 0.1) is 12.8 Å². The van der Waals surface area contributed by atoms with E-state index in [4.69, 9.17) is 4.74 Å². The second kappa shape index (κ2) is 10.4.